The molecule has 0 saturated heterocycles. The van der Waals surface area contributed by atoms with Gasteiger partial charge in [-0.2, -0.15) is 92.2 Å². The fourth-order valence-electron chi connectivity index (χ4n) is 2.28. The van der Waals surface area contributed by atoms with Crippen molar-refractivity contribution in [3.05, 3.63) is 35.5 Å². The van der Waals surface area contributed by atoms with Gasteiger partial charge in [0.2, 0.25) is 17.3 Å². The molecule has 0 aromatic heterocycles. The van der Waals surface area contributed by atoms with Crippen LogP contribution in [0.15, 0.2) is 35.5 Å². The first kappa shape index (κ1) is 62.3. The first-order chi connectivity index (χ1) is 24.1. The average molecular weight is 1060 g/mol. The van der Waals surface area contributed by atoms with Gasteiger partial charge < -0.3 is 15.3 Å². The Bertz CT molecular complexity index is 1350. The Morgan fingerprint density at radius 3 is 0.534 bits per heavy atom. The number of alkyl halides is 21. The summed E-state index contributed by atoms with van der Waals surface area (Å²) in [5.41, 5.74) is -4.09. The quantitative estimate of drug-likeness (QED) is 0.131. The van der Waals surface area contributed by atoms with Crippen LogP contribution in [0.3, 0.4) is 0 Å². The van der Waals surface area contributed by atoms with Gasteiger partial charge in [-0.05, 0) is 34.5 Å². The SMILES string of the molecule is CC(C)(C)/C([O-])=C/C(=O)C(F)(F)C(F)(F)C(F)(F)F.CC(C)(C)/C([O-])=C\C(=O)C(F)(F)C(F)(F)C(F)(F)F.CC(C)(C)/C([O-])=C\C(=O)C(F)(F)C(F)(F)C(F)(F)F.[Yb+3]. The molecule has 0 fully saturated rings. The third kappa shape index (κ3) is 15.0. The minimum atomic E-state index is -6.61. The number of carbonyl (C=O) groups excluding carboxylic acids is 3. The zero-order valence-electron chi connectivity index (χ0n) is 30.4. The second-order valence-corrected chi connectivity index (χ2v) is 14.3. The van der Waals surface area contributed by atoms with Gasteiger partial charge in [-0.15, -0.1) is 17.3 Å². The summed E-state index contributed by atoms with van der Waals surface area (Å²) in [4.78, 5) is 32.4. The molecule has 0 aromatic carbocycles. The van der Waals surface area contributed by atoms with Crippen LogP contribution in [0, 0.1) is 63.2 Å². The van der Waals surface area contributed by atoms with E-state index in [9.17, 15) is 122 Å². The fraction of sp³-hybridized carbons (Fsp3) is 0.700. The average Bonchev–Trinajstić information content (AvgIpc) is 2.93. The summed E-state index contributed by atoms with van der Waals surface area (Å²) in [6, 6.07) is 0. The Hall–Kier alpha value is -2.32. The van der Waals surface area contributed by atoms with Gasteiger partial charge in [0.25, 0.3) is 0 Å². The minimum absolute atomic E-state index is 0. The molecule has 0 bridgehead atoms. The van der Waals surface area contributed by atoms with Gasteiger partial charge in [0.05, 0.1) is 0 Å². The van der Waals surface area contributed by atoms with Gasteiger partial charge in [0.1, 0.15) is 0 Å². The summed E-state index contributed by atoms with van der Waals surface area (Å²) >= 11 is 0. The second-order valence-electron chi connectivity index (χ2n) is 14.3. The molecular formula is C30H30F21O6Yb. The standard InChI is InChI=1S/3C10H11F7O2.Yb/c3*1-7(2,3)5(18)4-6(19)8(11,12)9(13,14)10(15,16)17;/h3*4,18H,1-3H3;/q;;;+3/p-3/b2*5-4+;5-4-;. The number of rotatable bonds is 9. The molecule has 0 aliphatic heterocycles. The van der Waals surface area contributed by atoms with Crippen LogP contribution in [0.5, 0.6) is 0 Å². The van der Waals surface area contributed by atoms with Gasteiger partial charge >= 0.3 is 101 Å². The molecule has 28 heteroatoms. The van der Waals surface area contributed by atoms with Gasteiger partial charge in [0.15, 0.2) is 0 Å². The molecule has 6 nitrogen and oxygen atoms in total. The van der Waals surface area contributed by atoms with Crippen molar-refractivity contribution in [1.82, 2.24) is 0 Å². The number of allylic oxidation sites excluding steroid dienone is 6. The molecule has 1 radical (unpaired) electrons. The molecule has 0 amide bonds. The van der Waals surface area contributed by atoms with E-state index in [0.29, 0.717) is 0 Å². The van der Waals surface area contributed by atoms with E-state index in [1.807, 2.05) is 0 Å². The molecule has 0 spiro atoms. The van der Waals surface area contributed by atoms with E-state index in [0.717, 1.165) is 0 Å². The number of ketones is 3. The normalized spacial score (nSPS) is 15.3. The first-order valence-electron chi connectivity index (χ1n) is 14.4. The molecule has 347 valence electrons. The zero-order chi connectivity index (χ0) is 47.6. The van der Waals surface area contributed by atoms with Gasteiger partial charge in [-0.1, -0.05) is 62.3 Å². The largest absolute Gasteiger partial charge is 3.00 e. The van der Waals surface area contributed by atoms with E-state index < -0.39 is 123 Å². The van der Waals surface area contributed by atoms with Crippen LogP contribution in [0.2, 0.25) is 0 Å². The monoisotopic (exact) mass is 1060 g/mol. The molecule has 0 aliphatic carbocycles. The summed E-state index contributed by atoms with van der Waals surface area (Å²) in [6.45, 7) is 10.6. The van der Waals surface area contributed by atoms with E-state index in [-0.39, 0.29) is 46.9 Å². The summed E-state index contributed by atoms with van der Waals surface area (Å²) in [5.74, 6) is -50.2. The Morgan fingerprint density at radius 1 is 0.328 bits per heavy atom. The van der Waals surface area contributed by atoms with Crippen LogP contribution in [-0.2, 0) is 14.4 Å². The summed E-state index contributed by atoms with van der Waals surface area (Å²) in [7, 11) is 0. The van der Waals surface area contributed by atoms with Crippen molar-refractivity contribution < 1.29 is 169 Å². The topological polar surface area (TPSA) is 120 Å². The van der Waals surface area contributed by atoms with Crippen molar-refractivity contribution in [2.45, 2.75) is 116 Å². The first-order valence-corrected chi connectivity index (χ1v) is 14.4. The van der Waals surface area contributed by atoms with Gasteiger partial charge in [0, 0.05) is 0 Å². The predicted molar refractivity (Wildman–Crippen MR) is 145 cm³/mol. The van der Waals surface area contributed by atoms with Crippen molar-refractivity contribution in [2.24, 2.45) is 16.2 Å². The fourth-order valence-corrected chi connectivity index (χ4v) is 2.28. The Labute approximate surface area is 352 Å². The van der Waals surface area contributed by atoms with Gasteiger partial charge in [-0.3, -0.25) is 14.4 Å². The Kier molecular flexibility index (Phi) is 20.6. The van der Waals surface area contributed by atoms with Crippen LogP contribution < -0.4 is 15.3 Å². The van der Waals surface area contributed by atoms with Crippen molar-refractivity contribution in [2.75, 3.05) is 0 Å². The molecule has 0 atom stereocenters. The van der Waals surface area contributed by atoms with Crippen LogP contribution in [0.25, 0.3) is 0 Å². The van der Waals surface area contributed by atoms with Crippen LogP contribution in [-0.4, -0.2) is 71.4 Å². The molecule has 0 N–H and O–H groups in total. The molecule has 0 saturated carbocycles. The van der Waals surface area contributed by atoms with E-state index in [1.165, 1.54) is 62.3 Å². The second kappa shape index (κ2) is 19.2. The van der Waals surface area contributed by atoms with E-state index in [2.05, 4.69) is 0 Å². The molecule has 58 heavy (non-hydrogen) atoms. The molecular weight excluding hydrogens is 1030 g/mol. The molecule has 0 unspecified atom stereocenters. The van der Waals surface area contributed by atoms with Crippen molar-refractivity contribution in [1.29, 1.82) is 0 Å². The summed E-state index contributed by atoms with van der Waals surface area (Å²) < 4.78 is 258. The smallest absolute Gasteiger partial charge is 0.875 e. The number of hydrogen-bond acceptors (Lipinski definition) is 6. The predicted octanol–water partition coefficient (Wildman–Crippen LogP) is 8.04. The van der Waals surface area contributed by atoms with E-state index in [4.69, 9.17) is 0 Å². The van der Waals surface area contributed by atoms with Gasteiger partial charge in [-0.25, -0.2) is 0 Å². The summed E-state index contributed by atoms with van der Waals surface area (Å²) in [5, 5.41) is 33.5. The third-order valence-electron chi connectivity index (χ3n) is 6.18. The Morgan fingerprint density at radius 2 is 0.448 bits per heavy atom. The van der Waals surface area contributed by atoms with Crippen LogP contribution in [0.4, 0.5) is 92.2 Å². The van der Waals surface area contributed by atoms with Crippen molar-refractivity contribution in [3.8, 4) is 0 Å². The van der Waals surface area contributed by atoms with E-state index >= 15 is 0 Å². The third-order valence-corrected chi connectivity index (χ3v) is 6.18. The number of hydrogen-bond donors (Lipinski definition) is 0. The van der Waals surface area contributed by atoms with Crippen molar-refractivity contribution in [3.63, 3.8) is 0 Å². The minimum Gasteiger partial charge on any atom is -0.875 e. The maximum atomic E-state index is 12.8. The molecule has 0 aromatic rings. The molecule has 0 heterocycles. The Balaban J connectivity index is -0.000000374. The van der Waals surface area contributed by atoms with Crippen LogP contribution >= 0.6 is 0 Å². The molecule has 0 aliphatic rings. The van der Waals surface area contributed by atoms with Crippen molar-refractivity contribution >= 4 is 17.3 Å². The summed E-state index contributed by atoms with van der Waals surface area (Å²) in [6.07, 6.45) is -21.1. The molecule has 0 rings (SSSR count). The van der Waals surface area contributed by atoms with E-state index in [1.54, 1.807) is 0 Å². The maximum Gasteiger partial charge on any atom is 3.00 e. The number of carbonyl (C=O) groups is 3. The maximum absolute atomic E-state index is 12.8. The van der Waals surface area contributed by atoms with Crippen LogP contribution in [0.1, 0.15) is 62.3 Å². The zero-order valence-corrected chi connectivity index (χ0v) is 32.1. The number of halogens is 21.